The normalized spacial score (nSPS) is 18.2. The maximum absolute atomic E-state index is 14.4. The number of primary amides is 1. The van der Waals surface area contributed by atoms with Crippen molar-refractivity contribution in [3.63, 3.8) is 0 Å². The van der Waals surface area contributed by atoms with E-state index in [2.05, 4.69) is 10.3 Å². The van der Waals surface area contributed by atoms with E-state index in [0.717, 1.165) is 25.0 Å². The second-order valence-electron chi connectivity index (χ2n) is 10.7. The van der Waals surface area contributed by atoms with E-state index in [-0.39, 0.29) is 50.7 Å². The lowest BCUT2D eigenvalue weighted by Gasteiger charge is -2.24. The highest BCUT2D eigenvalue weighted by molar-refractivity contribution is 6.31. The summed E-state index contributed by atoms with van der Waals surface area (Å²) in [5.41, 5.74) is 3.36. The van der Waals surface area contributed by atoms with Gasteiger partial charge in [-0.2, -0.15) is 13.2 Å². The molecule has 8 nitrogen and oxygen atoms in total. The molecule has 0 radical (unpaired) electrons. The molecule has 14 heteroatoms. The molecule has 234 valence electrons. The Morgan fingerprint density at radius 1 is 1.18 bits per heavy atom. The predicted molar refractivity (Wildman–Crippen MR) is 149 cm³/mol. The summed E-state index contributed by atoms with van der Waals surface area (Å²) in [6, 6.07) is 9.01. The molecule has 3 N–H and O–H groups in total. The van der Waals surface area contributed by atoms with Crippen LogP contribution < -0.4 is 25.3 Å². The minimum absolute atomic E-state index is 0.0680. The summed E-state index contributed by atoms with van der Waals surface area (Å²) < 4.78 is 86.6. The Morgan fingerprint density at radius 3 is 2.55 bits per heavy atom. The minimum Gasteiger partial charge on any atom is -0.493 e. The highest BCUT2D eigenvalue weighted by Gasteiger charge is 2.49. The maximum atomic E-state index is 14.4. The molecule has 44 heavy (non-hydrogen) atoms. The number of halogens is 6. The van der Waals surface area contributed by atoms with Gasteiger partial charge in [0.25, 0.3) is 5.91 Å². The first kappa shape index (κ1) is 31.3. The first-order chi connectivity index (χ1) is 20.8. The van der Waals surface area contributed by atoms with Gasteiger partial charge < -0.3 is 25.3 Å². The monoisotopic (exact) mass is 639 g/mol. The third kappa shape index (κ3) is 6.37. The van der Waals surface area contributed by atoms with Crippen LogP contribution in [0.25, 0.3) is 11.3 Å². The molecule has 2 aliphatic rings. The van der Waals surface area contributed by atoms with Crippen molar-refractivity contribution in [2.45, 2.75) is 42.9 Å². The van der Waals surface area contributed by atoms with Gasteiger partial charge in [0.05, 0.1) is 24.7 Å². The van der Waals surface area contributed by atoms with Gasteiger partial charge in [0.2, 0.25) is 5.91 Å². The molecule has 2 heterocycles. The molecule has 0 saturated heterocycles. The van der Waals surface area contributed by atoms with Crippen LogP contribution in [0.2, 0.25) is 5.02 Å². The van der Waals surface area contributed by atoms with Gasteiger partial charge in [-0.15, -0.1) is 0 Å². The number of carbonyl (C=O) groups is 2. The van der Waals surface area contributed by atoms with Gasteiger partial charge in [0.15, 0.2) is 11.5 Å². The molecule has 1 aliphatic carbocycles. The van der Waals surface area contributed by atoms with Crippen LogP contribution in [0.3, 0.4) is 0 Å². The number of benzene rings is 2. The molecule has 1 fully saturated rings. The number of nitrogens with zero attached hydrogens (tertiary/aromatic N) is 1. The topological polar surface area (TPSA) is 113 Å². The summed E-state index contributed by atoms with van der Waals surface area (Å²) in [5, 5.41) is 2.19. The molecule has 2 atom stereocenters. The molecular weight excluding hydrogens is 613 g/mol. The van der Waals surface area contributed by atoms with Crippen molar-refractivity contribution in [2.75, 3.05) is 26.9 Å². The third-order valence-electron chi connectivity index (χ3n) is 7.51. The molecule has 2 amide bonds. The smallest absolute Gasteiger partial charge is 0.389 e. The van der Waals surface area contributed by atoms with Crippen LogP contribution in [0, 0.1) is 5.82 Å². The number of hydrogen-bond donors (Lipinski definition) is 2. The molecule has 5 rings (SSSR count). The van der Waals surface area contributed by atoms with Crippen molar-refractivity contribution >= 4 is 23.4 Å². The fourth-order valence-electron chi connectivity index (χ4n) is 4.91. The minimum atomic E-state index is -4.71. The number of ether oxygens (including phenoxy) is 3. The van der Waals surface area contributed by atoms with Crippen LogP contribution in [0.4, 0.5) is 22.0 Å². The predicted octanol–water partition coefficient (Wildman–Crippen LogP) is 5.64. The fourth-order valence-corrected chi connectivity index (χ4v) is 5.09. The summed E-state index contributed by atoms with van der Waals surface area (Å²) in [4.78, 5) is 29.9. The Hall–Kier alpha value is -4.13. The Balaban J connectivity index is 1.52. The van der Waals surface area contributed by atoms with Crippen molar-refractivity contribution in [1.29, 1.82) is 0 Å². The Bertz CT molecular complexity index is 1600. The average molecular weight is 640 g/mol. The van der Waals surface area contributed by atoms with Crippen LogP contribution >= 0.6 is 11.6 Å². The lowest BCUT2D eigenvalue weighted by atomic mass is 9.81. The van der Waals surface area contributed by atoms with Gasteiger partial charge in [0.1, 0.15) is 36.0 Å². The number of nitrogens with two attached hydrogens (primary N) is 1. The number of carbonyl (C=O) groups excluding carboxylic acids is 2. The number of nitrogens with one attached hydrogen (secondary N) is 1. The van der Waals surface area contributed by atoms with E-state index in [9.17, 15) is 31.5 Å². The zero-order chi connectivity index (χ0) is 31.8. The molecule has 1 saturated carbocycles. The van der Waals surface area contributed by atoms with Crippen molar-refractivity contribution in [1.82, 2.24) is 10.3 Å². The number of alkyl halides is 4. The van der Waals surface area contributed by atoms with E-state index in [4.69, 9.17) is 31.5 Å². The number of rotatable bonds is 11. The molecule has 2 aromatic carbocycles. The first-order valence-corrected chi connectivity index (χ1v) is 13.9. The SMILES string of the molecule is COc1cc(C(=O)NCC(CC(F)(F)F)c2cc3c(c(-c4ccc(F)c(Cl)c4)n2)OC[C@]3(CF)C(N)=O)ccc1OC1CC1. The molecule has 1 aromatic heterocycles. The molecule has 1 aliphatic heterocycles. The third-order valence-corrected chi connectivity index (χ3v) is 7.80. The van der Waals surface area contributed by atoms with Crippen LogP contribution in [-0.4, -0.2) is 56.0 Å². The number of aromatic nitrogens is 1. The Kier molecular flexibility index (Phi) is 8.61. The summed E-state index contributed by atoms with van der Waals surface area (Å²) in [6.07, 6.45) is -4.27. The van der Waals surface area contributed by atoms with Crippen molar-refractivity contribution in [2.24, 2.45) is 5.73 Å². The van der Waals surface area contributed by atoms with Gasteiger partial charge in [-0.25, -0.2) is 13.8 Å². The molecule has 0 spiro atoms. The quantitative estimate of drug-likeness (QED) is 0.263. The second-order valence-corrected chi connectivity index (χ2v) is 11.1. The van der Waals surface area contributed by atoms with E-state index >= 15 is 0 Å². The van der Waals surface area contributed by atoms with Gasteiger partial charge >= 0.3 is 6.18 Å². The molecular formula is C30H27ClF5N3O5. The van der Waals surface area contributed by atoms with Crippen LogP contribution in [0.1, 0.15) is 46.8 Å². The number of methoxy groups -OCH3 is 1. The lowest BCUT2D eigenvalue weighted by molar-refractivity contribution is -0.138. The van der Waals surface area contributed by atoms with Gasteiger partial charge in [-0.1, -0.05) is 11.6 Å². The first-order valence-electron chi connectivity index (χ1n) is 13.5. The van der Waals surface area contributed by atoms with Gasteiger partial charge in [-0.3, -0.25) is 9.59 Å². The molecule has 1 unspecified atom stereocenters. The van der Waals surface area contributed by atoms with Crippen LogP contribution in [0.5, 0.6) is 17.2 Å². The van der Waals surface area contributed by atoms with E-state index < -0.39 is 61.4 Å². The highest BCUT2D eigenvalue weighted by atomic mass is 35.5. The Morgan fingerprint density at radius 2 is 1.93 bits per heavy atom. The van der Waals surface area contributed by atoms with E-state index in [1.165, 1.54) is 31.4 Å². The number of hydrogen-bond acceptors (Lipinski definition) is 6. The van der Waals surface area contributed by atoms with Crippen LogP contribution in [0.15, 0.2) is 42.5 Å². The number of pyridine rings is 1. The van der Waals surface area contributed by atoms with Crippen molar-refractivity contribution in [3.8, 4) is 28.5 Å². The zero-order valence-electron chi connectivity index (χ0n) is 23.3. The largest absolute Gasteiger partial charge is 0.493 e. The highest BCUT2D eigenvalue weighted by Crippen LogP contribution is 2.47. The summed E-state index contributed by atoms with van der Waals surface area (Å²) in [5.74, 6) is -3.42. The summed E-state index contributed by atoms with van der Waals surface area (Å²) >= 11 is 5.95. The number of fused-ring (bicyclic) bond motifs is 1. The van der Waals surface area contributed by atoms with E-state index in [0.29, 0.717) is 5.75 Å². The molecule has 0 bridgehead atoms. The molecule has 3 aromatic rings. The maximum Gasteiger partial charge on any atom is 0.389 e. The van der Waals surface area contributed by atoms with E-state index in [1.54, 1.807) is 6.07 Å². The lowest BCUT2D eigenvalue weighted by Crippen LogP contribution is -2.44. The van der Waals surface area contributed by atoms with Crippen LogP contribution in [-0.2, 0) is 10.2 Å². The number of amides is 2. The summed E-state index contributed by atoms with van der Waals surface area (Å²) in [7, 11) is 1.40. The standard InChI is InChI=1S/C30H27ClF5N3O5/c1-42-24-9-16(3-7-23(24)44-18-4-5-18)27(40)38-12-17(11-30(34,35)36)22-10-19-26(43-14-29(19,13-32)28(37)41)25(39-22)15-2-6-21(33)20(31)8-15/h2-3,6-10,17-18H,4-5,11-14H2,1H3,(H2,37,41)(H,38,40)/t17?,29-/m0/s1. The fraction of sp³-hybridized carbons (Fsp3) is 0.367. The zero-order valence-corrected chi connectivity index (χ0v) is 24.0. The second kappa shape index (κ2) is 12.1. The summed E-state index contributed by atoms with van der Waals surface area (Å²) in [6.45, 7) is -2.37. The van der Waals surface area contributed by atoms with Crippen molar-refractivity contribution < 1.29 is 45.8 Å². The van der Waals surface area contributed by atoms with E-state index in [1.807, 2.05) is 0 Å². The van der Waals surface area contributed by atoms with Gasteiger partial charge in [-0.05, 0) is 55.3 Å². The van der Waals surface area contributed by atoms with Crippen molar-refractivity contribution in [3.05, 3.63) is 70.1 Å². The Labute approximate surface area is 253 Å². The average Bonchev–Trinajstić information content (AvgIpc) is 3.72. The van der Waals surface area contributed by atoms with Gasteiger partial charge in [0, 0.05) is 34.8 Å².